The number of carbonyl (C=O) groups excluding carboxylic acids is 1. The number of hydrogen-bond donors (Lipinski definition) is 0. The summed E-state index contributed by atoms with van der Waals surface area (Å²) in [5, 5.41) is 0. The topological polar surface area (TPSA) is 44.8 Å². The highest BCUT2D eigenvalue weighted by atomic mass is 16.7. The third-order valence-corrected chi connectivity index (χ3v) is 2.97. The van der Waals surface area contributed by atoms with Gasteiger partial charge in [-0.05, 0) is 36.8 Å². The molecule has 2 rings (SSSR count). The zero-order valence-electron chi connectivity index (χ0n) is 12.9. The summed E-state index contributed by atoms with van der Waals surface area (Å²) in [4.78, 5) is 11.8. The Morgan fingerprint density at radius 1 is 1.50 bits per heavy atom. The lowest BCUT2D eigenvalue weighted by Crippen LogP contribution is -2.41. The van der Waals surface area contributed by atoms with Gasteiger partial charge in [-0.25, -0.2) is 0 Å². The summed E-state index contributed by atoms with van der Waals surface area (Å²) in [5.41, 5.74) is 0. The van der Waals surface area contributed by atoms with E-state index in [2.05, 4.69) is 23.7 Å². The van der Waals surface area contributed by atoms with Crippen LogP contribution < -0.4 is 0 Å². The van der Waals surface area contributed by atoms with Crippen molar-refractivity contribution in [2.45, 2.75) is 39.1 Å². The van der Waals surface area contributed by atoms with Crippen LogP contribution in [-0.2, 0) is 19.0 Å². The summed E-state index contributed by atoms with van der Waals surface area (Å²) in [6, 6.07) is 0. The molecule has 0 aromatic carbocycles. The molecule has 0 N–H and O–H groups in total. The monoisotopic (exact) mass is 298 g/mol. The molecule has 4 nitrogen and oxygen atoms in total. The van der Waals surface area contributed by atoms with Crippen LogP contribution in [0.2, 0.25) is 0 Å². The van der Waals surface area contributed by atoms with E-state index in [4.69, 9.17) is 14.2 Å². The summed E-state index contributed by atoms with van der Waals surface area (Å²) >= 11 is 0. The number of carbonyl (C=O) groups is 1. The van der Waals surface area contributed by atoms with Gasteiger partial charge in [-0.2, -0.15) is 0 Å². The van der Waals surface area contributed by atoms with E-state index >= 15 is 0 Å². The summed E-state index contributed by atoms with van der Waals surface area (Å²) in [7, 11) is 0. The highest BCUT2D eigenvalue weighted by Crippen LogP contribution is 2.36. The second kappa shape index (κ2) is 6.91. The fourth-order valence-electron chi connectivity index (χ4n) is 2.01. The minimum absolute atomic E-state index is 0.236. The average Bonchev–Trinajstić information content (AvgIpc) is 3.03. The van der Waals surface area contributed by atoms with Gasteiger partial charge in [-0.15, -0.1) is 0 Å². The molecule has 22 heavy (non-hydrogen) atoms. The quantitative estimate of drug-likeness (QED) is 0.593. The average molecular weight is 298 g/mol. The molecule has 0 aromatic heterocycles. The van der Waals surface area contributed by atoms with Crippen molar-refractivity contribution in [2.24, 2.45) is 5.92 Å². The highest BCUT2D eigenvalue weighted by molar-refractivity contribution is 5.70. The van der Waals surface area contributed by atoms with Crippen LogP contribution in [0.4, 0.5) is 0 Å². The van der Waals surface area contributed by atoms with E-state index in [1.807, 2.05) is 13.8 Å². The normalized spacial score (nSPS) is 26.2. The van der Waals surface area contributed by atoms with Gasteiger partial charge in [-0.1, -0.05) is 25.7 Å². The summed E-state index contributed by atoms with van der Waals surface area (Å²) in [5.74, 6) is 10.1. The van der Waals surface area contributed by atoms with E-state index in [9.17, 15) is 4.79 Å². The molecule has 0 radical (unpaired) electrons. The molecule has 0 fully saturated rings. The van der Waals surface area contributed by atoms with Crippen LogP contribution in [0.5, 0.6) is 0 Å². The molecule has 2 aliphatic rings. The van der Waals surface area contributed by atoms with Crippen molar-refractivity contribution < 1.29 is 19.0 Å². The minimum atomic E-state index is -1.11. The fourth-order valence-corrected chi connectivity index (χ4v) is 2.01. The molecule has 0 unspecified atom stereocenters. The third-order valence-electron chi connectivity index (χ3n) is 2.97. The second-order valence-electron chi connectivity index (χ2n) is 5.30. The Kier molecular flexibility index (Phi) is 4.96. The first-order chi connectivity index (χ1) is 10.6. The molecule has 0 aromatic rings. The zero-order valence-corrected chi connectivity index (χ0v) is 12.9. The first-order valence-electron chi connectivity index (χ1n) is 7.10. The van der Waals surface area contributed by atoms with E-state index in [1.165, 1.54) is 6.26 Å². The number of rotatable bonds is 3. The Morgan fingerprint density at radius 3 is 3.05 bits per heavy atom. The Labute approximate surface area is 130 Å². The van der Waals surface area contributed by atoms with Gasteiger partial charge in [-0.3, -0.25) is 4.79 Å². The lowest BCUT2D eigenvalue weighted by molar-refractivity contribution is -0.191. The molecule has 0 saturated heterocycles. The Morgan fingerprint density at radius 2 is 2.32 bits per heavy atom. The molecule has 0 bridgehead atoms. The standard InChI is InChI=1S/C18H18O4/c1-4-5-6-7-8-15-9-11-18(22-15)16(10-12-20-18)21-17(19)13-14(2)3/h8-12,14,16H,13H2,1-3H3/t16-,18-/m0/s1. The smallest absolute Gasteiger partial charge is 0.312 e. The Hall–Kier alpha value is -2.59. The van der Waals surface area contributed by atoms with Crippen LogP contribution in [0, 0.1) is 29.6 Å². The molecule has 0 saturated carbocycles. The van der Waals surface area contributed by atoms with E-state index in [0.29, 0.717) is 12.2 Å². The van der Waals surface area contributed by atoms with Crippen LogP contribution in [0.1, 0.15) is 27.2 Å². The molecule has 1 spiro atoms. The van der Waals surface area contributed by atoms with Gasteiger partial charge in [0, 0.05) is 18.6 Å². The van der Waals surface area contributed by atoms with Crippen molar-refractivity contribution in [1.82, 2.24) is 0 Å². The van der Waals surface area contributed by atoms with Crippen LogP contribution in [-0.4, -0.2) is 17.9 Å². The van der Waals surface area contributed by atoms with Crippen LogP contribution in [0.25, 0.3) is 0 Å². The maximum Gasteiger partial charge on any atom is 0.312 e. The predicted molar refractivity (Wildman–Crippen MR) is 81.8 cm³/mol. The van der Waals surface area contributed by atoms with E-state index in [0.717, 1.165) is 0 Å². The summed E-state index contributed by atoms with van der Waals surface area (Å²) < 4.78 is 16.7. The lowest BCUT2D eigenvalue weighted by atomic mass is 10.1. The number of esters is 1. The van der Waals surface area contributed by atoms with Gasteiger partial charge < -0.3 is 14.2 Å². The SMILES string of the molecule is CC#CC#CC=C1C=C[C@]2(OC=C[C@@H]2OC(=O)CC(C)C)O1. The second-order valence-corrected chi connectivity index (χ2v) is 5.30. The van der Waals surface area contributed by atoms with Crippen molar-refractivity contribution in [3.8, 4) is 23.7 Å². The maximum atomic E-state index is 11.8. The zero-order chi connectivity index (χ0) is 16.0. The molecular weight excluding hydrogens is 280 g/mol. The fraction of sp³-hybridized carbons (Fsp3) is 0.389. The number of hydrogen-bond acceptors (Lipinski definition) is 4. The molecular formula is C18H18O4. The molecule has 2 heterocycles. The van der Waals surface area contributed by atoms with Crippen molar-refractivity contribution in [3.05, 3.63) is 36.3 Å². The molecule has 2 atom stereocenters. The lowest BCUT2D eigenvalue weighted by Gasteiger charge is -2.28. The van der Waals surface area contributed by atoms with Crippen molar-refractivity contribution >= 4 is 5.97 Å². The maximum absolute atomic E-state index is 11.8. The predicted octanol–water partition coefficient (Wildman–Crippen LogP) is 2.68. The number of ether oxygens (including phenoxy) is 3. The van der Waals surface area contributed by atoms with Crippen LogP contribution in [0.15, 0.2) is 36.3 Å². The molecule has 2 aliphatic heterocycles. The van der Waals surface area contributed by atoms with Crippen LogP contribution in [0.3, 0.4) is 0 Å². The minimum Gasteiger partial charge on any atom is -0.453 e. The Bertz CT molecular complexity index is 646. The molecule has 114 valence electrons. The molecule has 4 heteroatoms. The summed E-state index contributed by atoms with van der Waals surface area (Å²) in [6.07, 6.45) is 7.96. The Balaban J connectivity index is 2.02. The highest BCUT2D eigenvalue weighted by Gasteiger charge is 2.48. The van der Waals surface area contributed by atoms with Gasteiger partial charge in [0.2, 0.25) is 6.10 Å². The molecule has 0 aliphatic carbocycles. The first-order valence-corrected chi connectivity index (χ1v) is 7.10. The summed E-state index contributed by atoms with van der Waals surface area (Å²) in [6.45, 7) is 5.64. The van der Waals surface area contributed by atoms with E-state index in [1.54, 1.807) is 31.2 Å². The van der Waals surface area contributed by atoms with Gasteiger partial charge in [0.25, 0.3) is 0 Å². The van der Waals surface area contributed by atoms with Gasteiger partial charge in [0.15, 0.2) is 0 Å². The van der Waals surface area contributed by atoms with Gasteiger partial charge >= 0.3 is 11.8 Å². The number of allylic oxidation sites excluding steroid dienone is 2. The van der Waals surface area contributed by atoms with Crippen molar-refractivity contribution in [3.63, 3.8) is 0 Å². The van der Waals surface area contributed by atoms with Gasteiger partial charge in [0.1, 0.15) is 5.76 Å². The third kappa shape index (κ3) is 3.74. The molecule has 0 amide bonds. The first kappa shape index (κ1) is 15.8. The van der Waals surface area contributed by atoms with Crippen molar-refractivity contribution in [1.29, 1.82) is 0 Å². The van der Waals surface area contributed by atoms with Gasteiger partial charge in [0.05, 0.1) is 6.26 Å². The van der Waals surface area contributed by atoms with E-state index in [-0.39, 0.29) is 11.9 Å². The van der Waals surface area contributed by atoms with Crippen LogP contribution >= 0.6 is 0 Å². The van der Waals surface area contributed by atoms with Crippen molar-refractivity contribution in [2.75, 3.05) is 0 Å². The van der Waals surface area contributed by atoms with E-state index < -0.39 is 11.9 Å². The largest absolute Gasteiger partial charge is 0.453 e.